The van der Waals surface area contributed by atoms with Crippen molar-refractivity contribution < 1.29 is 0 Å². The van der Waals surface area contributed by atoms with Gasteiger partial charge in [-0.15, -0.1) is 0 Å². The van der Waals surface area contributed by atoms with E-state index in [9.17, 15) is 0 Å². The fourth-order valence-electron chi connectivity index (χ4n) is 1.86. The highest BCUT2D eigenvalue weighted by atomic mass is 79.9. The minimum atomic E-state index is 0.874. The summed E-state index contributed by atoms with van der Waals surface area (Å²) in [5, 5.41) is 3.37. The van der Waals surface area contributed by atoms with E-state index in [-0.39, 0.29) is 0 Å². The zero-order valence-electron chi connectivity index (χ0n) is 9.96. The van der Waals surface area contributed by atoms with Gasteiger partial charge >= 0.3 is 0 Å². The van der Waals surface area contributed by atoms with Gasteiger partial charge in [0.2, 0.25) is 0 Å². The monoisotopic (exact) mass is 289 g/mol. The van der Waals surface area contributed by atoms with Gasteiger partial charge in [0.1, 0.15) is 0 Å². The van der Waals surface area contributed by atoms with Gasteiger partial charge in [-0.25, -0.2) is 0 Å². The first-order chi connectivity index (χ1) is 8.15. The van der Waals surface area contributed by atoms with Crippen molar-refractivity contribution in [2.75, 3.05) is 6.54 Å². The molecule has 2 heteroatoms. The molecule has 1 N–H and O–H groups in total. The van der Waals surface area contributed by atoms with E-state index in [2.05, 4.69) is 59.0 Å². The quantitative estimate of drug-likeness (QED) is 0.872. The molecule has 1 nitrogen and oxygen atoms in total. The average molecular weight is 290 g/mol. The van der Waals surface area contributed by atoms with Gasteiger partial charge in [0.25, 0.3) is 0 Å². The van der Waals surface area contributed by atoms with Gasteiger partial charge in [0.15, 0.2) is 0 Å². The van der Waals surface area contributed by atoms with Gasteiger partial charge in [-0.3, -0.25) is 0 Å². The molecule has 0 aromatic heterocycles. The summed E-state index contributed by atoms with van der Waals surface area (Å²) in [6.45, 7) is 7.10. The molecule has 0 unspecified atom stereocenters. The molecule has 0 heterocycles. The molecule has 1 aliphatic rings. The molecule has 0 fully saturated rings. The Morgan fingerprint density at radius 1 is 1.41 bits per heavy atom. The van der Waals surface area contributed by atoms with Crippen molar-refractivity contribution in [1.29, 1.82) is 0 Å². The van der Waals surface area contributed by atoms with E-state index in [1.54, 1.807) is 0 Å². The van der Waals surface area contributed by atoms with Crippen LogP contribution in [0.15, 0.2) is 58.6 Å². The highest BCUT2D eigenvalue weighted by Gasteiger charge is 2.05. The number of benzene rings is 1. The number of hydrogen-bond acceptors (Lipinski definition) is 1. The number of halogens is 1. The van der Waals surface area contributed by atoms with Crippen LogP contribution in [0.2, 0.25) is 0 Å². The predicted molar refractivity (Wildman–Crippen MR) is 77.6 cm³/mol. The van der Waals surface area contributed by atoms with Crippen molar-refractivity contribution in [2.45, 2.75) is 13.3 Å². The molecule has 0 amide bonds. The van der Waals surface area contributed by atoms with Gasteiger partial charge in [0, 0.05) is 16.7 Å². The third-order valence-electron chi connectivity index (χ3n) is 2.81. The molecule has 88 valence electrons. The van der Waals surface area contributed by atoms with Crippen LogP contribution in [0.4, 0.5) is 0 Å². The summed E-state index contributed by atoms with van der Waals surface area (Å²) in [5.74, 6) is 0. The maximum absolute atomic E-state index is 4.07. The van der Waals surface area contributed by atoms with E-state index in [0.717, 1.165) is 28.7 Å². The first kappa shape index (κ1) is 12.2. The third-order valence-corrected chi connectivity index (χ3v) is 3.30. The Hall–Kier alpha value is -1.28. The molecule has 1 aromatic carbocycles. The summed E-state index contributed by atoms with van der Waals surface area (Å²) in [5.41, 5.74) is 4.94. The van der Waals surface area contributed by atoms with Crippen LogP contribution >= 0.6 is 15.9 Å². The number of rotatable bonds is 4. The SMILES string of the molecule is C=C(NCC1=CC=C(C)C1)c1cccc(Br)c1. The molecule has 0 saturated heterocycles. The molecule has 0 bridgehead atoms. The van der Waals surface area contributed by atoms with E-state index in [4.69, 9.17) is 0 Å². The van der Waals surface area contributed by atoms with Crippen LogP contribution < -0.4 is 5.32 Å². The Balaban J connectivity index is 1.90. The summed E-state index contributed by atoms with van der Waals surface area (Å²) < 4.78 is 1.08. The Labute approximate surface area is 111 Å². The first-order valence-electron chi connectivity index (χ1n) is 5.69. The molecule has 0 saturated carbocycles. The van der Waals surface area contributed by atoms with Crippen LogP contribution in [0.5, 0.6) is 0 Å². The van der Waals surface area contributed by atoms with Gasteiger partial charge in [0.05, 0.1) is 0 Å². The normalized spacial score (nSPS) is 14.2. The second-order valence-electron chi connectivity index (χ2n) is 4.36. The minimum Gasteiger partial charge on any atom is -0.381 e. The lowest BCUT2D eigenvalue weighted by Gasteiger charge is -2.11. The summed E-state index contributed by atoms with van der Waals surface area (Å²) in [4.78, 5) is 0. The number of allylic oxidation sites excluding steroid dienone is 3. The highest BCUT2D eigenvalue weighted by molar-refractivity contribution is 9.10. The molecule has 2 rings (SSSR count). The van der Waals surface area contributed by atoms with Gasteiger partial charge in [-0.1, -0.05) is 52.4 Å². The summed E-state index contributed by atoms with van der Waals surface area (Å²) in [6, 6.07) is 8.17. The van der Waals surface area contributed by atoms with E-state index >= 15 is 0 Å². The van der Waals surface area contributed by atoms with E-state index in [1.165, 1.54) is 11.1 Å². The van der Waals surface area contributed by atoms with E-state index in [0.29, 0.717) is 0 Å². The second-order valence-corrected chi connectivity index (χ2v) is 5.27. The zero-order valence-corrected chi connectivity index (χ0v) is 11.5. The summed E-state index contributed by atoms with van der Waals surface area (Å²) >= 11 is 3.47. The van der Waals surface area contributed by atoms with E-state index in [1.807, 2.05) is 12.1 Å². The zero-order chi connectivity index (χ0) is 12.3. The largest absolute Gasteiger partial charge is 0.381 e. The first-order valence-corrected chi connectivity index (χ1v) is 6.48. The van der Waals surface area contributed by atoms with Crippen molar-refractivity contribution >= 4 is 21.6 Å². The predicted octanol–water partition coefficient (Wildman–Crippen LogP) is 4.29. The van der Waals surface area contributed by atoms with Crippen molar-refractivity contribution in [3.05, 3.63) is 64.2 Å². The lowest BCUT2D eigenvalue weighted by atomic mass is 10.1. The minimum absolute atomic E-state index is 0.874. The molecule has 1 aliphatic carbocycles. The van der Waals surface area contributed by atoms with Crippen molar-refractivity contribution in [1.82, 2.24) is 5.32 Å². The second kappa shape index (κ2) is 5.37. The molecular weight excluding hydrogens is 274 g/mol. The standard InChI is InChI=1S/C15H16BrN/c1-11-6-7-13(8-11)10-17-12(2)14-4-3-5-15(16)9-14/h3-7,9,17H,2,8,10H2,1H3. The van der Waals surface area contributed by atoms with Crippen LogP contribution in [0.1, 0.15) is 18.9 Å². The van der Waals surface area contributed by atoms with Crippen molar-refractivity contribution in [2.24, 2.45) is 0 Å². The molecule has 0 aliphatic heterocycles. The Morgan fingerprint density at radius 3 is 2.88 bits per heavy atom. The lowest BCUT2D eigenvalue weighted by Crippen LogP contribution is -2.14. The average Bonchev–Trinajstić information content (AvgIpc) is 2.72. The summed E-state index contributed by atoms with van der Waals surface area (Å²) in [6.07, 6.45) is 5.45. The van der Waals surface area contributed by atoms with Crippen LogP contribution in [0.25, 0.3) is 5.70 Å². The highest BCUT2D eigenvalue weighted by Crippen LogP contribution is 2.19. The van der Waals surface area contributed by atoms with Crippen LogP contribution in [0, 0.1) is 0 Å². The lowest BCUT2D eigenvalue weighted by molar-refractivity contribution is 0.925. The smallest absolute Gasteiger partial charge is 0.0366 e. The van der Waals surface area contributed by atoms with Gasteiger partial charge < -0.3 is 5.32 Å². The Bertz CT molecular complexity index is 497. The Kier molecular flexibility index (Phi) is 3.85. The maximum Gasteiger partial charge on any atom is 0.0366 e. The number of nitrogens with one attached hydrogen (secondary N) is 1. The molecule has 1 aromatic rings. The van der Waals surface area contributed by atoms with Crippen molar-refractivity contribution in [3.8, 4) is 0 Å². The fourth-order valence-corrected chi connectivity index (χ4v) is 2.26. The van der Waals surface area contributed by atoms with Gasteiger partial charge in [-0.2, -0.15) is 0 Å². The van der Waals surface area contributed by atoms with Crippen LogP contribution in [-0.4, -0.2) is 6.54 Å². The fraction of sp³-hybridized carbons (Fsp3) is 0.200. The Morgan fingerprint density at radius 2 is 2.24 bits per heavy atom. The van der Waals surface area contributed by atoms with Crippen molar-refractivity contribution in [3.63, 3.8) is 0 Å². The molecule has 0 spiro atoms. The van der Waals surface area contributed by atoms with Gasteiger partial charge in [-0.05, 0) is 36.6 Å². The van der Waals surface area contributed by atoms with Crippen LogP contribution in [-0.2, 0) is 0 Å². The molecule has 0 atom stereocenters. The molecule has 0 radical (unpaired) electrons. The van der Waals surface area contributed by atoms with E-state index < -0.39 is 0 Å². The molecule has 17 heavy (non-hydrogen) atoms. The maximum atomic E-state index is 4.07. The van der Waals surface area contributed by atoms with Crippen LogP contribution in [0.3, 0.4) is 0 Å². The number of hydrogen-bond donors (Lipinski definition) is 1. The molecular formula is C15H16BrN. The summed E-state index contributed by atoms with van der Waals surface area (Å²) in [7, 11) is 0. The topological polar surface area (TPSA) is 12.0 Å². The third kappa shape index (κ3) is 3.34.